The van der Waals surface area contributed by atoms with Crippen molar-refractivity contribution < 1.29 is 22.7 Å². The summed E-state index contributed by atoms with van der Waals surface area (Å²) >= 11 is 0. The lowest BCUT2D eigenvalue weighted by atomic mass is 9.95. The molecule has 2 aliphatic heterocycles. The average Bonchev–Trinajstić information content (AvgIpc) is 3.17. The molecule has 1 amide bonds. The summed E-state index contributed by atoms with van der Waals surface area (Å²) in [5.41, 5.74) is -1.27. The van der Waals surface area contributed by atoms with E-state index in [0.717, 1.165) is 19.4 Å². The van der Waals surface area contributed by atoms with Crippen LogP contribution >= 0.6 is 0 Å². The first kappa shape index (κ1) is 12.3. The minimum atomic E-state index is -4.25. The molecule has 2 heterocycles. The Balaban J connectivity index is 1.62. The van der Waals surface area contributed by atoms with E-state index in [1.54, 1.807) is 4.90 Å². The molecule has 3 aliphatic rings. The molecule has 0 aromatic heterocycles. The number of carbonyl (C=O) groups excluding carboxylic acids is 1. The molecule has 0 bridgehead atoms. The van der Waals surface area contributed by atoms with Crippen LogP contribution in [0.25, 0.3) is 0 Å². The molecule has 2 saturated heterocycles. The Kier molecular flexibility index (Phi) is 2.32. The zero-order valence-electron chi connectivity index (χ0n) is 10.2. The molecule has 1 aliphatic carbocycles. The first-order valence-corrected chi connectivity index (χ1v) is 6.27. The summed E-state index contributed by atoms with van der Waals surface area (Å²) in [7, 11) is 0. The molecule has 2 atom stereocenters. The molecule has 0 radical (unpaired) electrons. The Morgan fingerprint density at radius 2 is 1.89 bits per heavy atom. The maximum Gasteiger partial charge on any atom is 0.392 e. The topological polar surface area (TPSA) is 32.8 Å². The van der Waals surface area contributed by atoms with Gasteiger partial charge in [0.2, 0.25) is 5.91 Å². The van der Waals surface area contributed by atoms with Gasteiger partial charge in [0.25, 0.3) is 0 Å². The fourth-order valence-electron chi connectivity index (χ4n) is 2.95. The van der Waals surface area contributed by atoms with Crippen molar-refractivity contribution in [1.82, 2.24) is 4.90 Å². The SMILES string of the molecule is C[C@@]1(C(=O)N2CCC3(CC2)CO3)C[C@H]1C(F)(F)F. The van der Waals surface area contributed by atoms with E-state index in [0.29, 0.717) is 13.1 Å². The van der Waals surface area contributed by atoms with Gasteiger partial charge in [-0.05, 0) is 19.3 Å². The Morgan fingerprint density at radius 1 is 1.33 bits per heavy atom. The molecule has 1 spiro atoms. The second kappa shape index (κ2) is 3.40. The van der Waals surface area contributed by atoms with Crippen molar-refractivity contribution in [3.63, 3.8) is 0 Å². The van der Waals surface area contributed by atoms with Crippen molar-refractivity contribution in [2.45, 2.75) is 38.0 Å². The van der Waals surface area contributed by atoms with E-state index >= 15 is 0 Å². The summed E-state index contributed by atoms with van der Waals surface area (Å²) < 4.78 is 43.1. The number of ether oxygens (including phenoxy) is 1. The molecule has 6 heteroatoms. The van der Waals surface area contributed by atoms with E-state index in [-0.39, 0.29) is 17.9 Å². The van der Waals surface area contributed by atoms with Crippen LogP contribution in [-0.4, -0.2) is 42.3 Å². The predicted molar refractivity (Wildman–Crippen MR) is 56.8 cm³/mol. The first-order chi connectivity index (χ1) is 8.27. The number of nitrogens with zero attached hydrogens (tertiary/aromatic N) is 1. The first-order valence-electron chi connectivity index (χ1n) is 6.27. The van der Waals surface area contributed by atoms with Gasteiger partial charge in [-0.15, -0.1) is 0 Å². The van der Waals surface area contributed by atoms with E-state index in [1.165, 1.54) is 6.92 Å². The van der Waals surface area contributed by atoms with Gasteiger partial charge < -0.3 is 9.64 Å². The van der Waals surface area contributed by atoms with E-state index < -0.39 is 17.5 Å². The summed E-state index contributed by atoms with van der Waals surface area (Å²) in [5, 5.41) is 0. The fourth-order valence-corrected chi connectivity index (χ4v) is 2.95. The van der Waals surface area contributed by atoms with Gasteiger partial charge >= 0.3 is 6.18 Å². The molecule has 0 aromatic carbocycles. The van der Waals surface area contributed by atoms with Gasteiger partial charge in [0.1, 0.15) is 0 Å². The number of carbonyl (C=O) groups is 1. The third-order valence-electron chi connectivity index (χ3n) is 4.64. The summed E-state index contributed by atoms with van der Waals surface area (Å²) in [6.07, 6.45) is -2.80. The van der Waals surface area contributed by atoms with Crippen LogP contribution in [0.4, 0.5) is 13.2 Å². The number of likely N-dealkylation sites (tertiary alicyclic amines) is 1. The highest BCUT2D eigenvalue weighted by atomic mass is 19.4. The van der Waals surface area contributed by atoms with Gasteiger partial charge in [-0.1, -0.05) is 6.92 Å². The monoisotopic (exact) mass is 263 g/mol. The third kappa shape index (κ3) is 1.81. The molecule has 1 saturated carbocycles. The van der Waals surface area contributed by atoms with Gasteiger partial charge in [0, 0.05) is 13.1 Å². The molecule has 3 fully saturated rings. The van der Waals surface area contributed by atoms with Crippen LogP contribution in [0.5, 0.6) is 0 Å². The van der Waals surface area contributed by atoms with E-state index in [1.807, 2.05) is 0 Å². The van der Waals surface area contributed by atoms with Crippen molar-refractivity contribution in [3.05, 3.63) is 0 Å². The normalized spacial score (nSPS) is 37.8. The lowest BCUT2D eigenvalue weighted by Crippen LogP contribution is -2.45. The Morgan fingerprint density at radius 3 is 2.28 bits per heavy atom. The number of piperidine rings is 1. The van der Waals surface area contributed by atoms with Crippen LogP contribution in [0.15, 0.2) is 0 Å². The van der Waals surface area contributed by atoms with Crippen LogP contribution in [0, 0.1) is 11.3 Å². The highest BCUT2D eigenvalue weighted by molar-refractivity contribution is 5.86. The van der Waals surface area contributed by atoms with E-state index in [4.69, 9.17) is 4.74 Å². The van der Waals surface area contributed by atoms with Gasteiger partial charge in [-0.25, -0.2) is 0 Å². The third-order valence-corrected chi connectivity index (χ3v) is 4.64. The van der Waals surface area contributed by atoms with Crippen molar-refractivity contribution in [1.29, 1.82) is 0 Å². The van der Waals surface area contributed by atoms with Crippen molar-refractivity contribution in [3.8, 4) is 0 Å². The molecule has 102 valence electrons. The van der Waals surface area contributed by atoms with Crippen LogP contribution in [0.2, 0.25) is 0 Å². The Bertz CT molecular complexity index is 381. The largest absolute Gasteiger partial charge is 0.392 e. The lowest BCUT2D eigenvalue weighted by Gasteiger charge is -2.32. The van der Waals surface area contributed by atoms with Crippen molar-refractivity contribution in [2.75, 3.05) is 19.7 Å². The lowest BCUT2D eigenvalue weighted by molar-refractivity contribution is -0.164. The van der Waals surface area contributed by atoms with Gasteiger partial charge in [-0.2, -0.15) is 13.2 Å². The molecule has 3 rings (SSSR count). The predicted octanol–water partition coefficient (Wildman–Crippen LogP) is 1.97. The Hall–Kier alpha value is -0.780. The summed E-state index contributed by atoms with van der Waals surface area (Å²) in [5.74, 6) is -1.79. The molecular weight excluding hydrogens is 247 g/mol. The van der Waals surface area contributed by atoms with Gasteiger partial charge in [-0.3, -0.25) is 4.79 Å². The smallest absolute Gasteiger partial charge is 0.369 e. The van der Waals surface area contributed by atoms with Gasteiger partial charge in [0.05, 0.1) is 23.5 Å². The molecule has 0 unspecified atom stereocenters. The van der Waals surface area contributed by atoms with E-state index in [2.05, 4.69) is 0 Å². The minimum Gasteiger partial charge on any atom is -0.369 e. The van der Waals surface area contributed by atoms with Crippen LogP contribution in [0.3, 0.4) is 0 Å². The number of rotatable bonds is 1. The number of hydrogen-bond donors (Lipinski definition) is 0. The molecular formula is C12H16F3NO2. The van der Waals surface area contributed by atoms with Crippen molar-refractivity contribution >= 4 is 5.91 Å². The number of hydrogen-bond acceptors (Lipinski definition) is 2. The summed E-state index contributed by atoms with van der Waals surface area (Å²) in [6.45, 7) is 3.22. The highest BCUT2D eigenvalue weighted by Crippen LogP contribution is 2.61. The standard InChI is InChI=1S/C12H16F3NO2/c1-10(6-8(10)12(13,14)15)9(17)16-4-2-11(3-5-16)7-18-11/h8H,2-7H2,1H3/t8-,10-/m1/s1. The fraction of sp³-hybridized carbons (Fsp3) is 0.917. The molecule has 0 aromatic rings. The second-order valence-corrected chi connectivity index (χ2v) is 5.98. The quantitative estimate of drug-likeness (QED) is 0.678. The minimum absolute atomic E-state index is 0.0509. The number of alkyl halides is 3. The Labute approximate surface area is 103 Å². The maximum absolute atomic E-state index is 12.6. The maximum atomic E-state index is 12.6. The van der Waals surface area contributed by atoms with E-state index in [9.17, 15) is 18.0 Å². The zero-order valence-corrected chi connectivity index (χ0v) is 10.2. The van der Waals surface area contributed by atoms with Crippen LogP contribution in [0.1, 0.15) is 26.2 Å². The average molecular weight is 263 g/mol. The van der Waals surface area contributed by atoms with Crippen molar-refractivity contribution in [2.24, 2.45) is 11.3 Å². The van der Waals surface area contributed by atoms with Gasteiger partial charge in [0.15, 0.2) is 0 Å². The second-order valence-electron chi connectivity index (χ2n) is 5.98. The zero-order chi connectivity index (χ0) is 13.2. The highest BCUT2D eigenvalue weighted by Gasteiger charge is 2.68. The number of amides is 1. The van der Waals surface area contributed by atoms with Crippen LogP contribution < -0.4 is 0 Å². The molecule has 0 N–H and O–H groups in total. The molecule has 18 heavy (non-hydrogen) atoms. The number of halogens is 3. The summed E-state index contributed by atoms with van der Waals surface area (Å²) in [6, 6.07) is 0. The summed E-state index contributed by atoms with van der Waals surface area (Å²) in [4.78, 5) is 13.7. The molecule has 3 nitrogen and oxygen atoms in total. The van der Waals surface area contributed by atoms with Crippen LogP contribution in [-0.2, 0) is 9.53 Å². The number of epoxide rings is 1.